The highest BCUT2D eigenvalue weighted by atomic mass is 32.1. The lowest BCUT2D eigenvalue weighted by Gasteiger charge is -2.14. The number of carboxylic acid groups (broad SMARTS) is 1. The Morgan fingerprint density at radius 2 is 1.91 bits per heavy atom. The summed E-state index contributed by atoms with van der Waals surface area (Å²) in [6, 6.07) is 9.32. The molecule has 0 saturated carbocycles. The third-order valence-electron chi connectivity index (χ3n) is 3.42. The van der Waals surface area contributed by atoms with E-state index in [0.717, 1.165) is 12.0 Å². The molecule has 2 rings (SSSR count). The second-order valence-corrected chi connectivity index (χ2v) is 6.29. The van der Waals surface area contributed by atoms with E-state index in [9.17, 15) is 19.8 Å². The highest BCUT2D eigenvalue weighted by Gasteiger charge is 2.20. The van der Waals surface area contributed by atoms with E-state index in [0.29, 0.717) is 12.8 Å². The molecule has 1 atom stereocenters. The van der Waals surface area contributed by atoms with E-state index in [1.807, 2.05) is 17.5 Å². The van der Waals surface area contributed by atoms with Crippen molar-refractivity contribution in [1.82, 2.24) is 5.32 Å². The second kappa shape index (κ2) is 8.33. The number of carbonyl (C=O) groups excluding carboxylic acids is 1. The van der Waals surface area contributed by atoms with E-state index in [2.05, 4.69) is 5.32 Å². The number of aromatic hydroxyl groups is 1. The molecular weight excluding hydrogens is 314 g/mol. The van der Waals surface area contributed by atoms with E-state index in [-0.39, 0.29) is 18.1 Å². The zero-order valence-corrected chi connectivity index (χ0v) is 13.4. The number of amides is 1. The summed E-state index contributed by atoms with van der Waals surface area (Å²) in [5, 5.41) is 23.0. The number of aliphatic carboxylic acids is 1. The van der Waals surface area contributed by atoms with Crippen molar-refractivity contribution in [1.29, 1.82) is 0 Å². The maximum atomic E-state index is 11.9. The van der Waals surface area contributed by atoms with Gasteiger partial charge in [-0.15, -0.1) is 11.3 Å². The van der Waals surface area contributed by atoms with Crippen LogP contribution in [0.5, 0.6) is 5.75 Å². The normalized spacial score (nSPS) is 11.8. The smallest absolute Gasteiger partial charge is 0.326 e. The van der Waals surface area contributed by atoms with E-state index < -0.39 is 12.0 Å². The Hall–Kier alpha value is -2.34. The quantitative estimate of drug-likeness (QED) is 0.693. The zero-order valence-electron chi connectivity index (χ0n) is 12.6. The number of phenols is 1. The maximum Gasteiger partial charge on any atom is 0.326 e. The van der Waals surface area contributed by atoms with Gasteiger partial charge in [0.05, 0.1) is 0 Å². The molecule has 1 amide bonds. The Kier molecular flexibility index (Phi) is 6.17. The van der Waals surface area contributed by atoms with Crippen LogP contribution >= 0.6 is 11.3 Å². The average molecular weight is 333 g/mol. The average Bonchev–Trinajstić information content (AvgIpc) is 3.02. The first-order valence-electron chi connectivity index (χ1n) is 7.37. The van der Waals surface area contributed by atoms with Gasteiger partial charge >= 0.3 is 5.97 Å². The minimum Gasteiger partial charge on any atom is -0.508 e. The summed E-state index contributed by atoms with van der Waals surface area (Å²) in [7, 11) is 0. The number of carboxylic acids is 1. The first-order valence-corrected chi connectivity index (χ1v) is 8.25. The van der Waals surface area contributed by atoms with Crippen LogP contribution in [-0.4, -0.2) is 28.1 Å². The number of rotatable bonds is 8. The summed E-state index contributed by atoms with van der Waals surface area (Å²) >= 11 is 1.65. The van der Waals surface area contributed by atoms with Crippen molar-refractivity contribution in [2.24, 2.45) is 0 Å². The SMILES string of the molecule is O=C(CCCc1cccs1)N[C@@H](Cc1ccc(O)cc1)C(=O)O. The molecule has 0 aliphatic carbocycles. The number of benzene rings is 1. The molecular formula is C17H19NO4S. The predicted molar refractivity (Wildman–Crippen MR) is 88.6 cm³/mol. The molecule has 0 bridgehead atoms. The maximum absolute atomic E-state index is 11.9. The molecule has 0 aliphatic rings. The second-order valence-electron chi connectivity index (χ2n) is 5.26. The van der Waals surface area contributed by atoms with Gasteiger partial charge in [0.2, 0.25) is 5.91 Å². The fourth-order valence-electron chi connectivity index (χ4n) is 2.21. The lowest BCUT2D eigenvalue weighted by atomic mass is 10.1. The minimum atomic E-state index is -1.07. The Morgan fingerprint density at radius 1 is 1.17 bits per heavy atom. The number of aryl methyl sites for hydroxylation is 1. The van der Waals surface area contributed by atoms with Gasteiger partial charge in [0.25, 0.3) is 0 Å². The third kappa shape index (κ3) is 5.75. The highest BCUT2D eigenvalue weighted by molar-refractivity contribution is 7.09. The van der Waals surface area contributed by atoms with Crippen molar-refractivity contribution >= 4 is 23.2 Å². The molecule has 0 unspecified atom stereocenters. The van der Waals surface area contributed by atoms with Crippen LogP contribution < -0.4 is 5.32 Å². The lowest BCUT2D eigenvalue weighted by Crippen LogP contribution is -2.42. The highest BCUT2D eigenvalue weighted by Crippen LogP contribution is 2.13. The van der Waals surface area contributed by atoms with E-state index in [1.165, 1.54) is 17.0 Å². The Labute approximate surface area is 138 Å². The summed E-state index contributed by atoms with van der Waals surface area (Å²) in [6.07, 6.45) is 2.00. The predicted octanol–water partition coefficient (Wildman–Crippen LogP) is 2.59. The van der Waals surface area contributed by atoms with Crippen LogP contribution in [0.3, 0.4) is 0 Å². The van der Waals surface area contributed by atoms with Crippen LogP contribution in [0.15, 0.2) is 41.8 Å². The van der Waals surface area contributed by atoms with E-state index in [4.69, 9.17) is 0 Å². The fraction of sp³-hybridized carbons (Fsp3) is 0.294. The number of phenolic OH excluding ortho intramolecular Hbond substituents is 1. The van der Waals surface area contributed by atoms with Crippen LogP contribution in [0.25, 0.3) is 0 Å². The van der Waals surface area contributed by atoms with Crippen LogP contribution in [0.4, 0.5) is 0 Å². The summed E-state index contributed by atoms with van der Waals surface area (Å²) in [5.41, 5.74) is 0.745. The Balaban J connectivity index is 1.82. The topological polar surface area (TPSA) is 86.6 Å². The van der Waals surface area contributed by atoms with Crippen LogP contribution in [0.1, 0.15) is 23.3 Å². The van der Waals surface area contributed by atoms with Gasteiger partial charge in [-0.2, -0.15) is 0 Å². The van der Waals surface area contributed by atoms with Crippen molar-refractivity contribution in [2.75, 3.05) is 0 Å². The monoisotopic (exact) mass is 333 g/mol. The molecule has 0 aliphatic heterocycles. The first kappa shape index (κ1) is 17.0. The van der Waals surface area contributed by atoms with Crippen molar-refractivity contribution < 1.29 is 19.8 Å². The molecule has 2 aromatic rings. The zero-order chi connectivity index (χ0) is 16.7. The van der Waals surface area contributed by atoms with Gasteiger partial charge in [-0.25, -0.2) is 4.79 Å². The molecule has 122 valence electrons. The fourth-order valence-corrected chi connectivity index (χ4v) is 2.96. The molecule has 23 heavy (non-hydrogen) atoms. The van der Waals surface area contributed by atoms with Gasteiger partial charge in [0.1, 0.15) is 11.8 Å². The molecule has 6 heteroatoms. The van der Waals surface area contributed by atoms with Crippen LogP contribution in [0.2, 0.25) is 0 Å². The standard InChI is InChI=1S/C17H19NO4S/c19-13-8-6-12(7-9-13)11-15(17(21)22)18-16(20)5-1-3-14-4-2-10-23-14/h2,4,6-10,15,19H,1,3,5,11H2,(H,18,20)(H,21,22)/t15-/m0/s1. The van der Waals surface area contributed by atoms with Gasteiger partial charge in [0, 0.05) is 17.7 Å². The molecule has 0 saturated heterocycles. The molecule has 0 fully saturated rings. The van der Waals surface area contributed by atoms with Crippen molar-refractivity contribution in [3.63, 3.8) is 0 Å². The molecule has 1 heterocycles. The number of nitrogens with one attached hydrogen (secondary N) is 1. The van der Waals surface area contributed by atoms with Crippen LogP contribution in [-0.2, 0) is 22.4 Å². The molecule has 0 spiro atoms. The molecule has 1 aromatic carbocycles. The summed E-state index contributed by atoms with van der Waals surface area (Å²) < 4.78 is 0. The number of hydrogen-bond acceptors (Lipinski definition) is 4. The van der Waals surface area contributed by atoms with Crippen LogP contribution in [0, 0.1) is 0 Å². The molecule has 3 N–H and O–H groups in total. The van der Waals surface area contributed by atoms with Gasteiger partial charge in [0.15, 0.2) is 0 Å². The lowest BCUT2D eigenvalue weighted by molar-refractivity contribution is -0.141. The summed E-state index contributed by atoms with van der Waals surface area (Å²) in [5.74, 6) is -1.20. The van der Waals surface area contributed by atoms with Crippen molar-refractivity contribution in [3.05, 3.63) is 52.2 Å². The summed E-state index contributed by atoms with van der Waals surface area (Å²) in [6.45, 7) is 0. The minimum absolute atomic E-state index is 0.123. The van der Waals surface area contributed by atoms with E-state index >= 15 is 0 Å². The van der Waals surface area contributed by atoms with E-state index in [1.54, 1.807) is 23.5 Å². The molecule has 1 aromatic heterocycles. The van der Waals surface area contributed by atoms with Gasteiger partial charge < -0.3 is 15.5 Å². The molecule has 5 nitrogen and oxygen atoms in total. The Bertz CT molecular complexity index is 637. The number of hydrogen-bond donors (Lipinski definition) is 3. The number of thiophene rings is 1. The third-order valence-corrected chi connectivity index (χ3v) is 4.35. The van der Waals surface area contributed by atoms with Gasteiger partial charge in [-0.1, -0.05) is 18.2 Å². The largest absolute Gasteiger partial charge is 0.508 e. The van der Waals surface area contributed by atoms with Gasteiger partial charge in [-0.05, 0) is 42.0 Å². The van der Waals surface area contributed by atoms with Crippen molar-refractivity contribution in [3.8, 4) is 5.75 Å². The summed E-state index contributed by atoms with van der Waals surface area (Å²) in [4.78, 5) is 24.4. The van der Waals surface area contributed by atoms with Gasteiger partial charge in [-0.3, -0.25) is 4.79 Å². The Morgan fingerprint density at radius 3 is 2.52 bits per heavy atom. The first-order chi connectivity index (χ1) is 11.0. The molecule has 0 radical (unpaired) electrons. The van der Waals surface area contributed by atoms with Crippen molar-refractivity contribution in [2.45, 2.75) is 31.7 Å². The number of carbonyl (C=O) groups is 2.